The molecule has 2 aromatic rings. The zero-order valence-corrected chi connectivity index (χ0v) is 28.1. The molecule has 3 fully saturated rings. The smallest absolute Gasteiger partial charge is 0.309 e. The molecular weight excluding hydrogens is 608 g/mol. The van der Waals surface area contributed by atoms with Crippen molar-refractivity contribution < 1.29 is 36.6 Å². The molecule has 0 saturated heterocycles. The molecule has 8 heteroatoms. The van der Waals surface area contributed by atoms with E-state index in [1.54, 1.807) is 18.2 Å². The summed E-state index contributed by atoms with van der Waals surface area (Å²) in [4.78, 5) is 13.1. The van der Waals surface area contributed by atoms with Crippen LogP contribution in [0, 0.1) is 41.0 Å². The maximum absolute atomic E-state index is 14.9. The van der Waals surface area contributed by atoms with E-state index in [1.165, 1.54) is 6.07 Å². The number of esters is 1. The summed E-state index contributed by atoms with van der Waals surface area (Å²) in [7, 11) is 0. The van der Waals surface area contributed by atoms with E-state index in [9.17, 15) is 22.4 Å². The van der Waals surface area contributed by atoms with Crippen molar-refractivity contribution in [2.75, 3.05) is 13.2 Å². The van der Waals surface area contributed by atoms with Crippen molar-refractivity contribution in [3.8, 4) is 11.5 Å². The number of halogens is 4. The molecule has 2 aromatic carbocycles. The lowest BCUT2D eigenvalue weighted by Crippen LogP contribution is -2.32. The van der Waals surface area contributed by atoms with E-state index >= 15 is 0 Å². The molecule has 0 aliphatic heterocycles. The minimum absolute atomic E-state index is 0.000148. The van der Waals surface area contributed by atoms with Crippen molar-refractivity contribution >= 4 is 5.97 Å². The molecule has 0 heterocycles. The fourth-order valence-electron chi connectivity index (χ4n) is 8.08. The molecule has 5 rings (SSSR count). The molecule has 260 valence electrons. The Morgan fingerprint density at radius 2 is 1.02 bits per heavy atom. The van der Waals surface area contributed by atoms with Crippen LogP contribution >= 0.6 is 0 Å². The van der Waals surface area contributed by atoms with Crippen LogP contribution in [-0.4, -0.2) is 25.3 Å². The van der Waals surface area contributed by atoms with Crippen LogP contribution in [0.2, 0.25) is 0 Å². The lowest BCUT2D eigenvalue weighted by Gasteiger charge is -2.38. The molecule has 3 aliphatic rings. The van der Waals surface area contributed by atoms with E-state index in [0.717, 1.165) is 77.0 Å². The SMILES string of the molecule is CCCCOc1ccc(C2CCC(C(=O)OC3CCC(C4CCC(c5ccc(OCCCC)c(F)c5F)CC4)CC3)CC2)c(F)c1F. The molecule has 0 bridgehead atoms. The predicted octanol–water partition coefficient (Wildman–Crippen LogP) is 11.0. The Morgan fingerprint density at radius 1 is 0.596 bits per heavy atom. The standard InChI is InChI=1S/C39H52F4O4/c1-3-5-23-45-33-21-19-31(35(40)37(33)42)27-9-7-25(8-10-27)26-15-17-30(18-16-26)47-39(44)29-13-11-28(12-14-29)32-20-22-34(38(43)36(32)41)46-24-6-4-2/h19-22,25-30H,3-18,23-24H2,1-2H3. The third kappa shape index (κ3) is 8.83. The second-order valence-electron chi connectivity index (χ2n) is 14.1. The van der Waals surface area contributed by atoms with Crippen molar-refractivity contribution in [2.45, 2.75) is 135 Å². The molecule has 0 amide bonds. The van der Waals surface area contributed by atoms with Gasteiger partial charge in [0.05, 0.1) is 19.1 Å². The molecule has 0 N–H and O–H groups in total. The monoisotopic (exact) mass is 660 g/mol. The Balaban J connectivity index is 1.03. The summed E-state index contributed by atoms with van der Waals surface area (Å²) in [5, 5.41) is 0. The van der Waals surface area contributed by atoms with Crippen molar-refractivity contribution in [1.29, 1.82) is 0 Å². The van der Waals surface area contributed by atoms with E-state index in [0.29, 0.717) is 61.9 Å². The first-order valence-electron chi connectivity index (χ1n) is 18.2. The number of benzene rings is 2. The van der Waals surface area contributed by atoms with Crippen molar-refractivity contribution in [2.24, 2.45) is 17.8 Å². The molecule has 0 radical (unpaired) electrons. The average Bonchev–Trinajstić information content (AvgIpc) is 3.09. The molecular formula is C39H52F4O4. The summed E-state index contributed by atoms with van der Waals surface area (Å²) in [6, 6.07) is 6.44. The number of carbonyl (C=O) groups excluding carboxylic acids is 1. The molecule has 0 atom stereocenters. The maximum Gasteiger partial charge on any atom is 0.309 e. The van der Waals surface area contributed by atoms with Crippen LogP contribution < -0.4 is 9.47 Å². The van der Waals surface area contributed by atoms with Crippen molar-refractivity contribution in [1.82, 2.24) is 0 Å². The van der Waals surface area contributed by atoms with Crippen LogP contribution in [0.4, 0.5) is 17.6 Å². The van der Waals surface area contributed by atoms with Crippen LogP contribution in [-0.2, 0) is 9.53 Å². The zero-order chi connectivity index (χ0) is 33.3. The van der Waals surface area contributed by atoms with Gasteiger partial charge in [-0.25, -0.2) is 8.78 Å². The molecule has 0 aromatic heterocycles. The quantitative estimate of drug-likeness (QED) is 0.122. The number of ether oxygens (including phenoxy) is 3. The number of rotatable bonds is 13. The Hall–Kier alpha value is -2.77. The van der Waals surface area contributed by atoms with E-state index in [-0.39, 0.29) is 41.3 Å². The normalized spacial score (nSPS) is 26.5. The molecule has 0 unspecified atom stereocenters. The fourth-order valence-corrected chi connectivity index (χ4v) is 8.08. The van der Waals surface area contributed by atoms with Gasteiger partial charge in [-0.3, -0.25) is 4.79 Å². The number of hydrogen-bond acceptors (Lipinski definition) is 4. The minimum atomic E-state index is -0.925. The summed E-state index contributed by atoms with van der Waals surface area (Å²) < 4.78 is 75.9. The third-order valence-corrected chi connectivity index (χ3v) is 11.0. The Kier molecular flexibility index (Phi) is 12.9. The largest absolute Gasteiger partial charge is 0.490 e. The van der Waals surface area contributed by atoms with Crippen LogP contribution in [0.1, 0.15) is 140 Å². The zero-order valence-electron chi connectivity index (χ0n) is 28.1. The molecule has 47 heavy (non-hydrogen) atoms. The summed E-state index contributed by atoms with van der Waals surface area (Å²) in [5.74, 6) is -2.77. The number of carbonyl (C=O) groups is 1. The number of hydrogen-bond donors (Lipinski definition) is 0. The average molecular weight is 661 g/mol. The molecule has 3 aliphatic carbocycles. The predicted molar refractivity (Wildman–Crippen MR) is 175 cm³/mol. The van der Waals surface area contributed by atoms with E-state index < -0.39 is 23.3 Å². The summed E-state index contributed by atoms with van der Waals surface area (Å²) in [6.45, 7) is 4.78. The van der Waals surface area contributed by atoms with Gasteiger partial charge >= 0.3 is 5.97 Å². The van der Waals surface area contributed by atoms with E-state index in [4.69, 9.17) is 14.2 Å². The van der Waals surface area contributed by atoms with Gasteiger partial charge in [0.25, 0.3) is 0 Å². The van der Waals surface area contributed by atoms with Crippen LogP contribution in [0.5, 0.6) is 11.5 Å². The van der Waals surface area contributed by atoms with Crippen molar-refractivity contribution in [3.05, 3.63) is 58.7 Å². The van der Waals surface area contributed by atoms with Gasteiger partial charge in [-0.2, -0.15) is 8.78 Å². The topological polar surface area (TPSA) is 44.8 Å². The minimum Gasteiger partial charge on any atom is -0.490 e. The third-order valence-electron chi connectivity index (χ3n) is 11.0. The van der Waals surface area contributed by atoms with Crippen molar-refractivity contribution in [3.63, 3.8) is 0 Å². The Labute approximate surface area is 277 Å². The lowest BCUT2D eigenvalue weighted by molar-refractivity contribution is -0.157. The highest BCUT2D eigenvalue weighted by Gasteiger charge is 2.36. The summed E-state index contributed by atoms with van der Waals surface area (Å²) in [6.07, 6.45) is 13.2. The second-order valence-corrected chi connectivity index (χ2v) is 14.1. The Bertz CT molecular complexity index is 1310. The van der Waals surface area contributed by atoms with Crippen LogP contribution in [0.25, 0.3) is 0 Å². The molecule has 0 spiro atoms. The highest BCUT2D eigenvalue weighted by Crippen LogP contribution is 2.45. The van der Waals surface area contributed by atoms with Gasteiger partial charge in [0.1, 0.15) is 6.10 Å². The van der Waals surface area contributed by atoms with Gasteiger partial charge in [0, 0.05) is 0 Å². The second kappa shape index (κ2) is 17.1. The molecule has 3 saturated carbocycles. The maximum atomic E-state index is 14.9. The molecule has 4 nitrogen and oxygen atoms in total. The van der Waals surface area contributed by atoms with Gasteiger partial charge in [0.2, 0.25) is 11.6 Å². The summed E-state index contributed by atoms with van der Waals surface area (Å²) in [5.41, 5.74) is 0.836. The highest BCUT2D eigenvalue weighted by atomic mass is 19.2. The highest BCUT2D eigenvalue weighted by molar-refractivity contribution is 5.72. The van der Waals surface area contributed by atoms with Gasteiger partial charge in [-0.05, 0) is 137 Å². The first-order chi connectivity index (χ1) is 22.8. The van der Waals surface area contributed by atoms with Gasteiger partial charge in [0.15, 0.2) is 23.1 Å². The first-order valence-corrected chi connectivity index (χ1v) is 18.2. The lowest BCUT2D eigenvalue weighted by atomic mass is 9.69. The van der Waals surface area contributed by atoms with E-state index in [2.05, 4.69) is 0 Å². The van der Waals surface area contributed by atoms with Gasteiger partial charge in [-0.1, -0.05) is 38.8 Å². The van der Waals surface area contributed by atoms with E-state index in [1.807, 2.05) is 13.8 Å². The summed E-state index contributed by atoms with van der Waals surface area (Å²) >= 11 is 0. The Morgan fingerprint density at radius 3 is 1.47 bits per heavy atom. The number of unbranched alkanes of at least 4 members (excludes halogenated alkanes) is 2. The van der Waals surface area contributed by atoms with Gasteiger partial charge < -0.3 is 14.2 Å². The van der Waals surface area contributed by atoms with Crippen LogP contribution in [0.15, 0.2) is 24.3 Å². The fraction of sp³-hybridized carbons (Fsp3) is 0.667. The van der Waals surface area contributed by atoms with Gasteiger partial charge in [-0.15, -0.1) is 0 Å². The van der Waals surface area contributed by atoms with Crippen LogP contribution in [0.3, 0.4) is 0 Å². The first kappa shape index (κ1) is 35.5.